The van der Waals surface area contributed by atoms with E-state index in [4.69, 9.17) is 27.1 Å². The number of benzene rings is 1. The summed E-state index contributed by atoms with van der Waals surface area (Å²) in [4.78, 5) is 38.1. The van der Waals surface area contributed by atoms with Crippen LogP contribution in [0.1, 0.15) is 83.4 Å². The van der Waals surface area contributed by atoms with Gasteiger partial charge in [-0.2, -0.15) is 19.0 Å². The number of hydrogen-bond acceptors (Lipinski definition) is 8. The van der Waals surface area contributed by atoms with Crippen molar-refractivity contribution in [3.05, 3.63) is 89.3 Å². The van der Waals surface area contributed by atoms with Crippen LogP contribution in [0, 0.1) is 12.3 Å². The average molecular weight is 710 g/mol. The molecule has 0 spiro atoms. The van der Waals surface area contributed by atoms with E-state index in [-0.39, 0.29) is 24.5 Å². The van der Waals surface area contributed by atoms with Crippen LogP contribution in [0.5, 0.6) is 0 Å². The van der Waals surface area contributed by atoms with Gasteiger partial charge in [0, 0.05) is 17.3 Å². The molecular formula is C35H42ClF2N9O3. The van der Waals surface area contributed by atoms with Gasteiger partial charge in [0.15, 0.2) is 11.5 Å². The minimum Gasteiger partial charge on any atom is -0.447 e. The Morgan fingerprint density at radius 2 is 1.96 bits per heavy atom. The van der Waals surface area contributed by atoms with Crippen molar-refractivity contribution < 1.29 is 23.1 Å². The predicted molar refractivity (Wildman–Crippen MR) is 187 cm³/mol. The number of alkyl carbamates (subject to hydrolysis) is 1. The van der Waals surface area contributed by atoms with Crippen molar-refractivity contribution in [2.75, 3.05) is 6.61 Å². The molecule has 266 valence electrons. The molecule has 50 heavy (non-hydrogen) atoms. The lowest BCUT2D eigenvalue weighted by Gasteiger charge is -2.35. The van der Waals surface area contributed by atoms with Crippen LogP contribution in [0.4, 0.5) is 13.6 Å². The molecule has 0 saturated heterocycles. The third-order valence-corrected chi connectivity index (χ3v) is 9.06. The number of carbonyl (C=O) groups excluding carboxylic acids is 2. The summed E-state index contributed by atoms with van der Waals surface area (Å²) in [6, 6.07) is 4.21. The van der Waals surface area contributed by atoms with Gasteiger partial charge in [0.2, 0.25) is 0 Å². The second-order valence-electron chi connectivity index (χ2n) is 14.1. The van der Waals surface area contributed by atoms with Gasteiger partial charge in [-0.15, -0.1) is 0 Å². The quantitative estimate of drug-likeness (QED) is 0.199. The number of aromatic nitrogens is 5. The van der Waals surface area contributed by atoms with Crippen molar-refractivity contribution >= 4 is 35.1 Å². The van der Waals surface area contributed by atoms with E-state index in [1.54, 1.807) is 55.0 Å². The molecule has 12 nitrogen and oxygen atoms in total. The fourth-order valence-electron chi connectivity index (χ4n) is 5.89. The average Bonchev–Trinajstić information content (AvgIpc) is 3.35. The van der Waals surface area contributed by atoms with E-state index >= 15 is 0 Å². The first kappa shape index (κ1) is 36.4. The number of aryl methyl sites for hydroxylation is 1. The minimum atomic E-state index is -2.79. The van der Waals surface area contributed by atoms with Crippen molar-refractivity contribution in [1.29, 1.82) is 0 Å². The number of ether oxygens (including phenoxy) is 1. The van der Waals surface area contributed by atoms with Crippen LogP contribution < -0.4 is 11.1 Å². The predicted octanol–water partition coefficient (Wildman–Crippen LogP) is 6.69. The number of halogens is 3. The third-order valence-electron chi connectivity index (χ3n) is 8.74. The maximum Gasteiger partial charge on any atom is 0.407 e. The van der Waals surface area contributed by atoms with Crippen LogP contribution in [0.2, 0.25) is 5.02 Å². The smallest absolute Gasteiger partial charge is 0.407 e. The molecule has 2 aromatic heterocycles. The van der Waals surface area contributed by atoms with E-state index in [2.05, 4.69) is 27.1 Å². The number of alkyl halides is 2. The molecule has 1 fully saturated rings. The van der Waals surface area contributed by atoms with Crippen molar-refractivity contribution in [3.8, 4) is 5.69 Å². The molecule has 1 aromatic carbocycles. The second kappa shape index (κ2) is 13.8. The van der Waals surface area contributed by atoms with Crippen molar-refractivity contribution in [2.24, 2.45) is 16.1 Å². The molecule has 1 aliphatic carbocycles. The number of nitrogens with two attached hydrogens (primary N) is 1. The number of nitrogens with one attached hydrogen (secondary N) is 1. The fraction of sp³-hybridized carbons (Fsp3) is 0.429. The lowest BCUT2D eigenvalue weighted by molar-refractivity contribution is -0.133. The highest BCUT2D eigenvalue weighted by Gasteiger charge is 2.53. The zero-order valence-electron chi connectivity index (χ0n) is 29.0. The van der Waals surface area contributed by atoms with E-state index in [1.165, 1.54) is 23.6 Å². The highest BCUT2D eigenvalue weighted by molar-refractivity contribution is 6.32. The second-order valence-corrected chi connectivity index (χ2v) is 14.5. The zero-order valence-corrected chi connectivity index (χ0v) is 29.7. The first-order valence-electron chi connectivity index (χ1n) is 16.1. The summed E-state index contributed by atoms with van der Waals surface area (Å²) in [5.74, 6) is 0.0279. The van der Waals surface area contributed by atoms with Gasteiger partial charge in [-0.05, 0) is 74.3 Å². The van der Waals surface area contributed by atoms with Crippen LogP contribution in [0.25, 0.3) is 11.3 Å². The zero-order chi connectivity index (χ0) is 36.6. The van der Waals surface area contributed by atoms with E-state index in [1.807, 2.05) is 27.7 Å². The van der Waals surface area contributed by atoms with Gasteiger partial charge in [0.25, 0.3) is 5.91 Å². The molecule has 1 aliphatic heterocycles. The summed E-state index contributed by atoms with van der Waals surface area (Å²) in [5, 5.41) is 11.3. The first-order chi connectivity index (χ1) is 23.5. The lowest BCUT2D eigenvalue weighted by atomic mass is 9.75. The Kier molecular flexibility index (Phi) is 10.1. The Bertz CT molecular complexity index is 1890. The summed E-state index contributed by atoms with van der Waals surface area (Å²) in [6.07, 6.45) is 10.3. The van der Waals surface area contributed by atoms with Crippen molar-refractivity contribution in [2.45, 2.75) is 84.5 Å². The summed E-state index contributed by atoms with van der Waals surface area (Å²) in [7, 11) is 0. The Morgan fingerprint density at radius 1 is 1.24 bits per heavy atom. The molecule has 0 radical (unpaired) electrons. The molecule has 0 unspecified atom stereocenters. The summed E-state index contributed by atoms with van der Waals surface area (Å²) >= 11 is 6.60. The normalized spacial score (nSPS) is 19.6. The molecule has 5 rings (SSSR count). The van der Waals surface area contributed by atoms with Gasteiger partial charge in [0.05, 0.1) is 22.9 Å². The maximum absolute atomic E-state index is 14.9. The van der Waals surface area contributed by atoms with Crippen LogP contribution in [0.15, 0.2) is 72.3 Å². The van der Waals surface area contributed by atoms with E-state index < -0.39 is 35.5 Å². The molecule has 3 heterocycles. The highest BCUT2D eigenvalue weighted by Crippen LogP contribution is 2.43. The minimum absolute atomic E-state index is 0.0881. The number of nitrogens with zero attached hydrogens (tertiary/aromatic N) is 7. The Morgan fingerprint density at radius 3 is 2.54 bits per heavy atom. The fourth-order valence-corrected chi connectivity index (χ4v) is 6.09. The van der Waals surface area contributed by atoms with E-state index in [0.717, 1.165) is 12.8 Å². The van der Waals surface area contributed by atoms with Gasteiger partial charge in [-0.1, -0.05) is 63.2 Å². The van der Waals surface area contributed by atoms with Gasteiger partial charge in [-0.3, -0.25) is 9.69 Å². The number of hydrogen-bond donors (Lipinski definition) is 2. The number of allylic oxidation sites excluding steroid dienone is 3. The number of rotatable bonds is 12. The Balaban J connectivity index is 1.53. The maximum atomic E-state index is 14.9. The molecule has 3 aromatic rings. The molecule has 2 amide bonds. The Labute approximate surface area is 294 Å². The number of amides is 2. The topological polar surface area (TPSA) is 146 Å². The standard InChI is InChI=1S/C35H42ClF2N9O3/c1-8-23(25-16-41-45(17-25)30(37)38)10-9-21(2)35(19-33(4,5)6)29(48)46(31(39)43-35)28(18-50-32(49)44-34(7)13-14-34)24-11-12-26(36)27(15-24)47-22(3)40-20-42-47/h8-12,15-17,20,28,30H,2,13-14,18-19H2,1,3-7H3,(H2,39,43)(H,44,49)/b10-9-,23-8+/t28-,35-/m1/s1. The molecule has 1 saturated carbocycles. The molecule has 15 heteroatoms. The number of guanidine groups is 1. The summed E-state index contributed by atoms with van der Waals surface area (Å²) < 4.78 is 34.3. The molecule has 2 atom stereocenters. The molecule has 2 aliphatic rings. The summed E-state index contributed by atoms with van der Waals surface area (Å²) in [5.41, 5.74) is 6.77. The van der Waals surface area contributed by atoms with Crippen LogP contribution in [-0.2, 0) is 9.53 Å². The summed E-state index contributed by atoms with van der Waals surface area (Å²) in [6.45, 7) is 12.6. The highest BCUT2D eigenvalue weighted by atomic mass is 35.5. The van der Waals surface area contributed by atoms with E-state index in [0.29, 0.717) is 43.5 Å². The SMILES string of the molecule is C=C(/C=C\C(=C/C)c1cnn(C(F)F)c1)[C@@]1(CC(C)(C)C)N=C(N)N([C@H](COC(=O)NC2(C)CC2)c2ccc(Cl)c(-n3ncnc3C)c2)C1=O. The van der Waals surface area contributed by atoms with Crippen molar-refractivity contribution in [3.63, 3.8) is 0 Å². The molecule has 3 N–H and O–H groups in total. The molecule has 0 bridgehead atoms. The van der Waals surface area contributed by atoms with Gasteiger partial charge in [-0.25, -0.2) is 24.1 Å². The lowest BCUT2D eigenvalue weighted by Crippen LogP contribution is -2.49. The Hall–Kier alpha value is -4.85. The monoisotopic (exact) mass is 709 g/mol. The van der Waals surface area contributed by atoms with Crippen molar-refractivity contribution in [1.82, 2.24) is 34.8 Å². The van der Waals surface area contributed by atoms with Crippen LogP contribution in [-0.4, -0.2) is 65.1 Å². The van der Waals surface area contributed by atoms with Gasteiger partial charge < -0.3 is 15.8 Å². The third kappa shape index (κ3) is 7.64. The van der Waals surface area contributed by atoms with Gasteiger partial charge in [0.1, 0.15) is 18.8 Å². The van der Waals surface area contributed by atoms with Crippen LogP contribution >= 0.6 is 11.6 Å². The van der Waals surface area contributed by atoms with E-state index in [9.17, 15) is 18.4 Å². The van der Waals surface area contributed by atoms with Crippen LogP contribution in [0.3, 0.4) is 0 Å². The molecular weight excluding hydrogens is 668 g/mol. The number of carbonyl (C=O) groups is 2. The number of aliphatic imine (C=N–C) groups is 1. The largest absolute Gasteiger partial charge is 0.447 e. The van der Waals surface area contributed by atoms with Gasteiger partial charge >= 0.3 is 12.6 Å². The first-order valence-corrected chi connectivity index (χ1v) is 16.5.